The molecule has 0 spiro atoms. The third-order valence-electron chi connectivity index (χ3n) is 4.44. The van der Waals surface area contributed by atoms with Crippen LogP contribution in [-0.4, -0.2) is 47.7 Å². The summed E-state index contributed by atoms with van der Waals surface area (Å²) < 4.78 is 5.32. The lowest BCUT2D eigenvalue weighted by atomic mass is 9.93. The molecule has 0 aromatic carbocycles. The molecule has 1 N–H and O–H groups in total. The Bertz CT molecular complexity index is 339. The van der Waals surface area contributed by atoms with Crippen molar-refractivity contribution in [2.45, 2.75) is 57.4 Å². The lowest BCUT2D eigenvalue weighted by molar-refractivity contribution is -0.140. The Kier molecular flexibility index (Phi) is 5.83. The maximum Gasteiger partial charge on any atom is 0.303 e. The van der Waals surface area contributed by atoms with Crippen molar-refractivity contribution in [3.63, 3.8) is 0 Å². The van der Waals surface area contributed by atoms with E-state index in [4.69, 9.17) is 9.84 Å². The molecular formula is C15H25NO4. The Morgan fingerprint density at radius 1 is 1.15 bits per heavy atom. The van der Waals surface area contributed by atoms with Gasteiger partial charge in [-0.25, -0.2) is 0 Å². The first-order valence-corrected chi connectivity index (χ1v) is 7.76. The molecule has 5 nitrogen and oxygen atoms in total. The Hall–Kier alpha value is -1.10. The van der Waals surface area contributed by atoms with Gasteiger partial charge in [0.25, 0.3) is 0 Å². The first kappa shape index (κ1) is 15.3. The highest BCUT2D eigenvalue weighted by Gasteiger charge is 2.28. The van der Waals surface area contributed by atoms with Crippen LogP contribution in [0.5, 0.6) is 0 Å². The van der Waals surface area contributed by atoms with Gasteiger partial charge in [0.15, 0.2) is 0 Å². The number of aliphatic carboxylic acids is 1. The highest BCUT2D eigenvalue weighted by molar-refractivity contribution is 5.77. The molecule has 0 saturated carbocycles. The maximum atomic E-state index is 12.5. The number of carbonyl (C=O) groups is 2. The van der Waals surface area contributed by atoms with E-state index in [9.17, 15) is 9.59 Å². The fraction of sp³-hybridized carbons (Fsp3) is 0.867. The number of hydrogen-bond acceptors (Lipinski definition) is 3. The molecule has 20 heavy (non-hydrogen) atoms. The van der Waals surface area contributed by atoms with Crippen molar-refractivity contribution in [3.05, 3.63) is 0 Å². The molecule has 2 aliphatic rings. The summed E-state index contributed by atoms with van der Waals surface area (Å²) in [6.07, 6.45) is 6.40. The topological polar surface area (TPSA) is 66.8 Å². The Morgan fingerprint density at radius 2 is 1.90 bits per heavy atom. The number of rotatable bonds is 5. The first-order chi connectivity index (χ1) is 9.66. The van der Waals surface area contributed by atoms with Crippen LogP contribution in [-0.2, 0) is 14.3 Å². The molecule has 1 unspecified atom stereocenters. The van der Waals surface area contributed by atoms with Crippen molar-refractivity contribution in [1.82, 2.24) is 4.90 Å². The SMILES string of the molecule is O=C(O)CCC1CCCCN1C(=O)CC1CCOCC1. The number of likely N-dealkylation sites (tertiary alicyclic amines) is 1. The number of amides is 1. The van der Waals surface area contributed by atoms with Gasteiger partial charge < -0.3 is 14.7 Å². The molecule has 0 radical (unpaired) electrons. The van der Waals surface area contributed by atoms with E-state index < -0.39 is 5.97 Å². The second-order valence-corrected chi connectivity index (χ2v) is 5.93. The van der Waals surface area contributed by atoms with Gasteiger partial charge >= 0.3 is 5.97 Å². The van der Waals surface area contributed by atoms with Crippen molar-refractivity contribution < 1.29 is 19.4 Å². The lowest BCUT2D eigenvalue weighted by Gasteiger charge is -2.37. The van der Waals surface area contributed by atoms with Gasteiger partial charge in [-0.1, -0.05) is 0 Å². The van der Waals surface area contributed by atoms with Gasteiger partial charge in [0, 0.05) is 38.6 Å². The van der Waals surface area contributed by atoms with Gasteiger partial charge in [-0.05, 0) is 44.4 Å². The van der Waals surface area contributed by atoms with Gasteiger partial charge in [0.05, 0.1) is 0 Å². The molecule has 0 aliphatic carbocycles. The summed E-state index contributed by atoms with van der Waals surface area (Å²) in [5, 5.41) is 8.81. The van der Waals surface area contributed by atoms with E-state index in [2.05, 4.69) is 0 Å². The Morgan fingerprint density at radius 3 is 2.60 bits per heavy atom. The van der Waals surface area contributed by atoms with Crippen molar-refractivity contribution >= 4 is 11.9 Å². The zero-order valence-electron chi connectivity index (χ0n) is 12.1. The fourth-order valence-corrected chi connectivity index (χ4v) is 3.23. The van der Waals surface area contributed by atoms with E-state index in [1.807, 2.05) is 4.90 Å². The van der Waals surface area contributed by atoms with Crippen molar-refractivity contribution in [3.8, 4) is 0 Å². The largest absolute Gasteiger partial charge is 0.481 e. The van der Waals surface area contributed by atoms with E-state index in [1.165, 1.54) is 0 Å². The van der Waals surface area contributed by atoms with E-state index in [0.29, 0.717) is 18.8 Å². The molecule has 0 bridgehead atoms. The molecule has 2 saturated heterocycles. The van der Waals surface area contributed by atoms with Crippen LogP contribution >= 0.6 is 0 Å². The minimum atomic E-state index is -0.771. The molecule has 114 valence electrons. The number of carboxylic acid groups (broad SMARTS) is 1. The minimum Gasteiger partial charge on any atom is -0.481 e. The fourth-order valence-electron chi connectivity index (χ4n) is 3.23. The van der Waals surface area contributed by atoms with Gasteiger partial charge in [-0.2, -0.15) is 0 Å². The Labute approximate surface area is 120 Å². The highest BCUT2D eigenvalue weighted by Crippen LogP contribution is 2.25. The predicted octanol–water partition coefficient (Wildman–Crippen LogP) is 2.05. The summed E-state index contributed by atoms with van der Waals surface area (Å²) in [5.74, 6) is -0.113. The van der Waals surface area contributed by atoms with Crippen molar-refractivity contribution in [2.24, 2.45) is 5.92 Å². The Balaban J connectivity index is 1.85. The van der Waals surface area contributed by atoms with Gasteiger partial charge in [-0.3, -0.25) is 9.59 Å². The molecule has 0 aromatic heterocycles. The van der Waals surface area contributed by atoms with Gasteiger partial charge in [-0.15, -0.1) is 0 Å². The van der Waals surface area contributed by atoms with Crippen LogP contribution in [0.1, 0.15) is 51.4 Å². The van der Waals surface area contributed by atoms with E-state index in [-0.39, 0.29) is 18.4 Å². The molecule has 5 heteroatoms. The molecular weight excluding hydrogens is 258 g/mol. The van der Waals surface area contributed by atoms with Crippen molar-refractivity contribution in [1.29, 1.82) is 0 Å². The zero-order valence-corrected chi connectivity index (χ0v) is 12.1. The quantitative estimate of drug-likeness (QED) is 0.838. The molecule has 2 heterocycles. The molecule has 2 rings (SSSR count). The maximum absolute atomic E-state index is 12.5. The van der Waals surface area contributed by atoms with E-state index in [0.717, 1.165) is 51.9 Å². The number of hydrogen-bond donors (Lipinski definition) is 1. The van der Waals surface area contributed by atoms with Gasteiger partial charge in [0.1, 0.15) is 0 Å². The summed E-state index contributed by atoms with van der Waals surface area (Å²) in [6.45, 7) is 2.33. The first-order valence-electron chi connectivity index (χ1n) is 7.76. The van der Waals surface area contributed by atoms with Crippen molar-refractivity contribution in [2.75, 3.05) is 19.8 Å². The minimum absolute atomic E-state index is 0.132. The third-order valence-corrected chi connectivity index (χ3v) is 4.44. The molecule has 1 amide bonds. The highest BCUT2D eigenvalue weighted by atomic mass is 16.5. The number of ether oxygens (including phenoxy) is 1. The normalized spacial score (nSPS) is 24.6. The van der Waals surface area contributed by atoms with Crippen LogP contribution in [0.15, 0.2) is 0 Å². The number of carboxylic acids is 1. The number of carbonyl (C=O) groups excluding carboxylic acids is 1. The second-order valence-electron chi connectivity index (χ2n) is 5.93. The van der Waals surface area contributed by atoms with E-state index >= 15 is 0 Å². The van der Waals surface area contributed by atoms with Crippen LogP contribution in [0.3, 0.4) is 0 Å². The second kappa shape index (κ2) is 7.62. The third kappa shape index (κ3) is 4.47. The number of nitrogens with zero attached hydrogens (tertiary/aromatic N) is 1. The van der Waals surface area contributed by atoms with Crippen LogP contribution in [0.2, 0.25) is 0 Å². The smallest absolute Gasteiger partial charge is 0.303 e. The van der Waals surface area contributed by atoms with Crippen LogP contribution in [0.4, 0.5) is 0 Å². The standard InChI is InChI=1S/C15H25NO4/c17-14(11-12-6-9-20-10-7-12)16-8-2-1-3-13(16)4-5-15(18)19/h12-13H,1-11H2,(H,18,19). The average molecular weight is 283 g/mol. The van der Waals surface area contributed by atoms with Crippen LogP contribution in [0, 0.1) is 5.92 Å². The van der Waals surface area contributed by atoms with Crippen LogP contribution < -0.4 is 0 Å². The molecule has 0 aromatic rings. The monoisotopic (exact) mass is 283 g/mol. The van der Waals surface area contributed by atoms with Gasteiger partial charge in [0.2, 0.25) is 5.91 Å². The summed E-state index contributed by atoms with van der Waals surface area (Å²) in [6, 6.07) is 0.132. The predicted molar refractivity (Wildman–Crippen MR) is 74.4 cm³/mol. The molecule has 1 atom stereocenters. The molecule has 2 aliphatic heterocycles. The zero-order chi connectivity index (χ0) is 14.4. The molecule has 2 fully saturated rings. The summed E-state index contributed by atoms with van der Waals surface area (Å²) >= 11 is 0. The lowest BCUT2D eigenvalue weighted by Crippen LogP contribution is -2.44. The summed E-state index contributed by atoms with van der Waals surface area (Å²) in [7, 11) is 0. The van der Waals surface area contributed by atoms with E-state index in [1.54, 1.807) is 0 Å². The average Bonchev–Trinajstić information content (AvgIpc) is 2.46. The van der Waals surface area contributed by atoms with Crippen LogP contribution in [0.25, 0.3) is 0 Å². The number of piperidine rings is 1. The summed E-state index contributed by atoms with van der Waals surface area (Å²) in [5.41, 5.74) is 0. The summed E-state index contributed by atoms with van der Waals surface area (Å²) in [4.78, 5) is 25.1.